The van der Waals surface area contributed by atoms with Crippen molar-refractivity contribution < 1.29 is 9.21 Å². The fraction of sp³-hybridized carbons (Fsp3) is 0.318. The quantitative estimate of drug-likeness (QED) is 0.647. The van der Waals surface area contributed by atoms with Crippen LogP contribution >= 0.6 is 11.9 Å². The predicted octanol–water partition coefficient (Wildman–Crippen LogP) is 4.70. The van der Waals surface area contributed by atoms with Crippen molar-refractivity contribution in [2.45, 2.75) is 25.7 Å². The first-order valence-corrected chi connectivity index (χ1v) is 10.4. The van der Waals surface area contributed by atoms with Crippen molar-refractivity contribution in [2.75, 3.05) is 31.1 Å². The van der Waals surface area contributed by atoms with Gasteiger partial charge in [-0.2, -0.15) is 0 Å². The highest BCUT2D eigenvalue weighted by Crippen LogP contribution is 2.28. The number of anilines is 1. The fourth-order valence-corrected chi connectivity index (χ4v) is 4.04. The Labute approximate surface area is 170 Å². The average molecular weight is 398 g/mol. The summed E-state index contributed by atoms with van der Waals surface area (Å²) in [5.74, 6) is -0.332. The monoisotopic (exact) mass is 397 g/mol. The molecule has 1 aliphatic rings. The first-order valence-electron chi connectivity index (χ1n) is 9.66. The van der Waals surface area contributed by atoms with Crippen LogP contribution in [0.2, 0.25) is 0 Å². The number of fused-ring (bicyclic) bond motifs is 1. The molecule has 1 aliphatic heterocycles. The molecule has 0 aliphatic carbocycles. The lowest BCUT2D eigenvalue weighted by Crippen LogP contribution is -2.43. The van der Waals surface area contributed by atoms with E-state index < -0.39 is 5.91 Å². The molecule has 2 heterocycles. The summed E-state index contributed by atoms with van der Waals surface area (Å²) < 4.78 is 7.86. The van der Waals surface area contributed by atoms with Crippen molar-refractivity contribution in [3.8, 4) is 0 Å². The minimum absolute atomic E-state index is 0.205. The van der Waals surface area contributed by atoms with Gasteiger partial charge in [-0.05, 0) is 55.3 Å². The average Bonchev–Trinajstić information content (AvgIpc) is 3.16. The van der Waals surface area contributed by atoms with Gasteiger partial charge in [-0.3, -0.25) is 4.79 Å². The van der Waals surface area contributed by atoms with E-state index in [0.717, 1.165) is 37.3 Å². The van der Waals surface area contributed by atoms with E-state index in [1.807, 2.05) is 37.9 Å². The molecule has 1 fully saturated rings. The zero-order valence-electron chi connectivity index (χ0n) is 16.6. The van der Waals surface area contributed by atoms with E-state index in [1.54, 1.807) is 6.07 Å². The van der Waals surface area contributed by atoms with Crippen LogP contribution < -0.4 is 10.6 Å². The maximum atomic E-state index is 11.3. The standard InChI is InChI=1S/C20H21N3O2S.C2H6/c1-14-2-5-17(6-3-14)26-23-10-8-22(9-11-23)16-4-7-18-15(12-16)13-19(25-18)20(21)24;1-2/h2-7,12-13H,8-11H2,1H3,(H2,21,24);1-2H3. The molecular weight excluding hydrogens is 370 g/mol. The molecule has 3 aromatic rings. The Morgan fingerprint density at radius 1 is 1.00 bits per heavy atom. The smallest absolute Gasteiger partial charge is 0.284 e. The lowest BCUT2D eigenvalue weighted by atomic mass is 10.2. The number of benzene rings is 2. The molecule has 28 heavy (non-hydrogen) atoms. The minimum atomic E-state index is -0.538. The van der Waals surface area contributed by atoms with Crippen molar-refractivity contribution >= 4 is 34.5 Å². The number of carbonyl (C=O) groups excluding carboxylic acids is 1. The number of piperazine rings is 1. The maximum absolute atomic E-state index is 11.3. The summed E-state index contributed by atoms with van der Waals surface area (Å²) in [6, 6.07) is 16.4. The number of carbonyl (C=O) groups is 1. The van der Waals surface area contributed by atoms with E-state index in [0.29, 0.717) is 5.58 Å². The molecule has 0 bridgehead atoms. The van der Waals surface area contributed by atoms with Crippen LogP contribution in [0.4, 0.5) is 5.69 Å². The number of furan rings is 1. The van der Waals surface area contributed by atoms with E-state index >= 15 is 0 Å². The molecule has 1 saturated heterocycles. The van der Waals surface area contributed by atoms with Crippen LogP contribution in [0.5, 0.6) is 0 Å². The second-order valence-corrected chi connectivity index (χ2v) is 7.69. The summed E-state index contributed by atoms with van der Waals surface area (Å²) in [4.78, 5) is 14.9. The van der Waals surface area contributed by atoms with Gasteiger partial charge in [0, 0.05) is 42.1 Å². The molecule has 0 radical (unpaired) electrons. The van der Waals surface area contributed by atoms with Gasteiger partial charge in [0.1, 0.15) is 5.58 Å². The lowest BCUT2D eigenvalue weighted by Gasteiger charge is -2.35. The maximum Gasteiger partial charge on any atom is 0.284 e. The van der Waals surface area contributed by atoms with Gasteiger partial charge >= 0.3 is 0 Å². The number of aryl methyl sites for hydroxylation is 1. The minimum Gasteiger partial charge on any atom is -0.451 e. The van der Waals surface area contributed by atoms with Crippen LogP contribution in [-0.2, 0) is 0 Å². The molecule has 0 spiro atoms. The van der Waals surface area contributed by atoms with Crippen LogP contribution in [0.1, 0.15) is 30.0 Å². The first kappa shape index (κ1) is 20.3. The van der Waals surface area contributed by atoms with Crippen LogP contribution in [0.25, 0.3) is 11.0 Å². The van der Waals surface area contributed by atoms with Gasteiger partial charge in [0.15, 0.2) is 5.76 Å². The molecule has 2 N–H and O–H groups in total. The Kier molecular flexibility index (Phi) is 6.65. The van der Waals surface area contributed by atoms with Crippen molar-refractivity contribution in [2.24, 2.45) is 5.73 Å². The van der Waals surface area contributed by atoms with Gasteiger partial charge in [-0.15, -0.1) is 0 Å². The third kappa shape index (κ3) is 4.69. The van der Waals surface area contributed by atoms with Crippen molar-refractivity contribution in [3.63, 3.8) is 0 Å². The fourth-order valence-electron chi connectivity index (χ4n) is 3.13. The van der Waals surface area contributed by atoms with Gasteiger partial charge in [0.2, 0.25) is 0 Å². The summed E-state index contributed by atoms with van der Waals surface area (Å²) in [5, 5.41) is 0.910. The Hall–Kier alpha value is -2.44. The molecule has 0 unspecified atom stereocenters. The van der Waals surface area contributed by atoms with Crippen LogP contribution in [0.3, 0.4) is 0 Å². The molecular formula is C22H27N3O2S. The normalized spacial score (nSPS) is 14.6. The third-order valence-electron chi connectivity index (χ3n) is 4.60. The molecule has 1 aromatic heterocycles. The lowest BCUT2D eigenvalue weighted by molar-refractivity contribution is 0.0976. The summed E-state index contributed by atoms with van der Waals surface area (Å²) in [6.07, 6.45) is 0. The van der Waals surface area contributed by atoms with Gasteiger partial charge in [-0.25, -0.2) is 4.31 Å². The Morgan fingerprint density at radius 3 is 2.32 bits per heavy atom. The third-order valence-corrected chi connectivity index (χ3v) is 5.71. The zero-order chi connectivity index (χ0) is 20.1. The Balaban J connectivity index is 0.00000109. The molecule has 148 valence electrons. The van der Waals surface area contributed by atoms with E-state index in [2.05, 4.69) is 46.5 Å². The second-order valence-electron chi connectivity index (χ2n) is 6.52. The molecule has 0 atom stereocenters. The zero-order valence-corrected chi connectivity index (χ0v) is 17.5. The highest BCUT2D eigenvalue weighted by Gasteiger charge is 2.19. The van der Waals surface area contributed by atoms with Crippen molar-refractivity contribution in [1.82, 2.24) is 4.31 Å². The van der Waals surface area contributed by atoms with Gasteiger partial charge in [-0.1, -0.05) is 31.5 Å². The predicted molar refractivity (Wildman–Crippen MR) is 117 cm³/mol. The van der Waals surface area contributed by atoms with Gasteiger partial charge < -0.3 is 15.1 Å². The summed E-state index contributed by atoms with van der Waals surface area (Å²) in [7, 11) is 0. The van der Waals surface area contributed by atoms with E-state index in [-0.39, 0.29) is 5.76 Å². The van der Waals surface area contributed by atoms with Crippen molar-refractivity contribution in [3.05, 3.63) is 59.9 Å². The topological polar surface area (TPSA) is 62.7 Å². The van der Waals surface area contributed by atoms with Crippen LogP contribution in [-0.4, -0.2) is 36.4 Å². The van der Waals surface area contributed by atoms with Crippen LogP contribution in [0.15, 0.2) is 57.8 Å². The molecule has 1 amide bonds. The molecule has 6 heteroatoms. The highest BCUT2D eigenvalue weighted by molar-refractivity contribution is 7.97. The SMILES string of the molecule is CC.Cc1ccc(SN2CCN(c3ccc4oc(C(N)=O)cc4c3)CC2)cc1. The number of primary amides is 1. The van der Waals surface area contributed by atoms with Crippen molar-refractivity contribution in [1.29, 1.82) is 0 Å². The van der Waals surface area contributed by atoms with E-state index in [4.69, 9.17) is 10.2 Å². The molecule has 2 aromatic carbocycles. The summed E-state index contributed by atoms with van der Waals surface area (Å²) in [6.45, 7) is 10.0. The highest BCUT2D eigenvalue weighted by atomic mass is 32.2. The second kappa shape index (κ2) is 9.17. The number of hydrogen-bond donors (Lipinski definition) is 1. The van der Waals surface area contributed by atoms with Gasteiger partial charge in [0.05, 0.1) is 0 Å². The van der Waals surface area contributed by atoms with Gasteiger partial charge in [0.25, 0.3) is 5.91 Å². The number of nitrogens with two attached hydrogens (primary N) is 1. The number of nitrogens with zero attached hydrogens (tertiary/aromatic N) is 2. The first-order chi connectivity index (χ1) is 13.6. The summed E-state index contributed by atoms with van der Waals surface area (Å²) >= 11 is 1.82. The number of hydrogen-bond acceptors (Lipinski definition) is 5. The van der Waals surface area contributed by atoms with E-state index in [1.165, 1.54) is 10.5 Å². The molecule has 4 rings (SSSR count). The largest absolute Gasteiger partial charge is 0.451 e. The summed E-state index contributed by atoms with van der Waals surface area (Å²) in [5.41, 5.74) is 8.42. The van der Waals surface area contributed by atoms with Crippen LogP contribution in [0, 0.1) is 6.92 Å². The number of amides is 1. The Morgan fingerprint density at radius 2 is 1.68 bits per heavy atom. The van der Waals surface area contributed by atoms with E-state index in [9.17, 15) is 4.79 Å². The molecule has 0 saturated carbocycles. The molecule has 5 nitrogen and oxygen atoms in total. The number of rotatable bonds is 4. The Bertz CT molecular complexity index is 929.